The van der Waals surface area contributed by atoms with Crippen LogP contribution in [0.5, 0.6) is 0 Å². The van der Waals surface area contributed by atoms with E-state index in [2.05, 4.69) is 0 Å². The Hall–Kier alpha value is -0.890. The summed E-state index contributed by atoms with van der Waals surface area (Å²) in [5.41, 5.74) is 7.02. The third-order valence-corrected chi connectivity index (χ3v) is 4.37. The minimum atomic E-state index is -0.105. The molecule has 3 rings (SSSR count). The van der Waals surface area contributed by atoms with Crippen molar-refractivity contribution in [2.24, 2.45) is 17.6 Å². The van der Waals surface area contributed by atoms with Gasteiger partial charge >= 0.3 is 0 Å². The third-order valence-electron chi connectivity index (χ3n) is 4.37. The van der Waals surface area contributed by atoms with E-state index >= 15 is 0 Å². The zero-order valence-electron chi connectivity index (χ0n) is 9.45. The molecule has 1 aromatic carbocycles. The van der Waals surface area contributed by atoms with E-state index in [0.717, 1.165) is 17.9 Å². The Morgan fingerprint density at radius 3 is 2.69 bits per heavy atom. The van der Waals surface area contributed by atoms with E-state index in [1.54, 1.807) is 6.07 Å². The zero-order valence-corrected chi connectivity index (χ0v) is 9.45. The van der Waals surface area contributed by atoms with Crippen molar-refractivity contribution in [3.8, 4) is 0 Å². The summed E-state index contributed by atoms with van der Waals surface area (Å²) in [6, 6.07) is 7.01. The van der Waals surface area contributed by atoms with Gasteiger partial charge in [0.1, 0.15) is 5.82 Å². The van der Waals surface area contributed by atoms with Crippen LogP contribution in [0, 0.1) is 17.7 Å². The summed E-state index contributed by atoms with van der Waals surface area (Å²) in [4.78, 5) is 0. The quantitative estimate of drug-likeness (QED) is 0.831. The lowest BCUT2D eigenvalue weighted by Gasteiger charge is -2.27. The van der Waals surface area contributed by atoms with E-state index in [1.807, 2.05) is 12.1 Å². The number of hydrogen-bond acceptors (Lipinski definition) is 1. The maximum absolute atomic E-state index is 13.5. The molecule has 0 spiro atoms. The molecule has 0 aromatic heterocycles. The van der Waals surface area contributed by atoms with Crippen molar-refractivity contribution < 1.29 is 4.39 Å². The molecule has 86 valence electrons. The van der Waals surface area contributed by atoms with Gasteiger partial charge in [0, 0.05) is 5.54 Å². The first kappa shape index (κ1) is 10.3. The second kappa shape index (κ2) is 3.56. The predicted molar refractivity (Wildman–Crippen MR) is 62.5 cm³/mol. The summed E-state index contributed by atoms with van der Waals surface area (Å²) < 4.78 is 13.5. The number of rotatable bonds is 3. The second-order valence-electron chi connectivity index (χ2n) is 5.50. The lowest BCUT2D eigenvalue weighted by molar-refractivity contribution is 0.257. The highest BCUT2D eigenvalue weighted by Gasteiger charge is 2.55. The fraction of sp³-hybridized carbons (Fsp3) is 0.571. The highest BCUT2D eigenvalue weighted by Crippen LogP contribution is 2.54. The van der Waals surface area contributed by atoms with Crippen molar-refractivity contribution in [3.05, 3.63) is 35.6 Å². The van der Waals surface area contributed by atoms with Crippen molar-refractivity contribution in [3.63, 3.8) is 0 Å². The Labute approximate surface area is 95.8 Å². The Morgan fingerprint density at radius 1 is 1.31 bits per heavy atom. The van der Waals surface area contributed by atoms with Gasteiger partial charge in [-0.1, -0.05) is 37.5 Å². The molecule has 2 atom stereocenters. The van der Waals surface area contributed by atoms with Crippen molar-refractivity contribution in [1.82, 2.24) is 0 Å². The van der Waals surface area contributed by atoms with Crippen LogP contribution >= 0.6 is 0 Å². The molecule has 0 amide bonds. The van der Waals surface area contributed by atoms with Crippen molar-refractivity contribution >= 4 is 0 Å². The molecule has 0 saturated heterocycles. The molecule has 2 aliphatic rings. The first-order valence-electron chi connectivity index (χ1n) is 6.21. The summed E-state index contributed by atoms with van der Waals surface area (Å²) in [5.74, 6) is 1.38. The number of nitrogens with two attached hydrogens (primary N) is 1. The molecule has 2 heteroatoms. The van der Waals surface area contributed by atoms with E-state index in [1.165, 1.54) is 25.3 Å². The Bertz CT molecular complexity index is 399. The molecule has 0 heterocycles. The van der Waals surface area contributed by atoms with Gasteiger partial charge in [-0.15, -0.1) is 0 Å². The predicted octanol–water partition coefficient (Wildman–Crippen LogP) is 2.89. The zero-order chi connectivity index (χ0) is 11.2. The van der Waals surface area contributed by atoms with Gasteiger partial charge in [0.25, 0.3) is 0 Å². The van der Waals surface area contributed by atoms with E-state index in [0.29, 0.717) is 12.3 Å². The average Bonchev–Trinajstić information content (AvgIpc) is 2.79. The first-order chi connectivity index (χ1) is 7.69. The molecule has 1 nitrogen and oxygen atoms in total. The molecule has 0 bridgehead atoms. The second-order valence-corrected chi connectivity index (χ2v) is 5.50. The van der Waals surface area contributed by atoms with Gasteiger partial charge in [-0.3, -0.25) is 0 Å². The molecule has 16 heavy (non-hydrogen) atoms. The third kappa shape index (κ3) is 1.65. The van der Waals surface area contributed by atoms with Gasteiger partial charge in [0.15, 0.2) is 0 Å². The van der Waals surface area contributed by atoms with Crippen molar-refractivity contribution in [1.29, 1.82) is 0 Å². The van der Waals surface area contributed by atoms with Crippen LogP contribution in [-0.2, 0) is 6.42 Å². The highest BCUT2D eigenvalue weighted by molar-refractivity contribution is 5.25. The number of benzene rings is 1. The molecule has 0 aliphatic heterocycles. The maximum Gasteiger partial charge on any atom is 0.126 e. The summed E-state index contributed by atoms with van der Waals surface area (Å²) >= 11 is 0. The van der Waals surface area contributed by atoms with Gasteiger partial charge in [0.05, 0.1) is 0 Å². The minimum Gasteiger partial charge on any atom is -0.325 e. The smallest absolute Gasteiger partial charge is 0.126 e. The summed E-state index contributed by atoms with van der Waals surface area (Å²) in [6.45, 7) is 0. The van der Waals surface area contributed by atoms with Crippen LogP contribution in [0.3, 0.4) is 0 Å². The van der Waals surface area contributed by atoms with Crippen LogP contribution in [0.1, 0.15) is 31.2 Å². The fourth-order valence-corrected chi connectivity index (χ4v) is 3.03. The molecule has 0 radical (unpaired) electrons. The van der Waals surface area contributed by atoms with E-state index < -0.39 is 0 Å². The lowest BCUT2D eigenvalue weighted by Crippen LogP contribution is -2.32. The number of hydrogen-bond donors (Lipinski definition) is 1. The molecule has 2 saturated carbocycles. The SMILES string of the molecule is NC1(Cc2ccccc2F)CC1C1CCC1. The molecule has 1 aromatic rings. The topological polar surface area (TPSA) is 26.0 Å². The van der Waals surface area contributed by atoms with Gasteiger partial charge in [-0.2, -0.15) is 0 Å². The van der Waals surface area contributed by atoms with E-state index in [4.69, 9.17) is 5.73 Å². The Morgan fingerprint density at radius 2 is 2.06 bits per heavy atom. The molecule has 2 fully saturated rings. The molecular weight excluding hydrogens is 201 g/mol. The van der Waals surface area contributed by atoms with Crippen molar-refractivity contribution in [2.45, 2.75) is 37.6 Å². The van der Waals surface area contributed by atoms with Crippen LogP contribution in [0.25, 0.3) is 0 Å². The van der Waals surface area contributed by atoms with Crippen LogP contribution in [-0.4, -0.2) is 5.54 Å². The standard InChI is InChI=1S/C14H18FN/c15-13-7-2-1-4-11(13)8-14(16)9-12(14)10-5-3-6-10/h1-2,4,7,10,12H,3,5-6,8-9,16H2. The van der Waals surface area contributed by atoms with Crippen LogP contribution < -0.4 is 5.73 Å². The van der Waals surface area contributed by atoms with Gasteiger partial charge < -0.3 is 5.73 Å². The monoisotopic (exact) mass is 219 g/mol. The van der Waals surface area contributed by atoms with E-state index in [-0.39, 0.29) is 11.4 Å². The van der Waals surface area contributed by atoms with Gasteiger partial charge in [0.2, 0.25) is 0 Å². The largest absolute Gasteiger partial charge is 0.325 e. The molecule has 2 unspecified atom stereocenters. The van der Waals surface area contributed by atoms with Gasteiger partial charge in [-0.25, -0.2) is 4.39 Å². The molecular formula is C14H18FN. The lowest BCUT2D eigenvalue weighted by atomic mass is 9.79. The van der Waals surface area contributed by atoms with Gasteiger partial charge in [-0.05, 0) is 36.3 Å². The normalized spacial score (nSPS) is 33.5. The maximum atomic E-state index is 13.5. The molecule has 2 aliphatic carbocycles. The molecule has 2 N–H and O–H groups in total. The number of halogens is 1. The summed E-state index contributed by atoms with van der Waals surface area (Å²) in [5, 5.41) is 0. The fourth-order valence-electron chi connectivity index (χ4n) is 3.03. The van der Waals surface area contributed by atoms with Crippen LogP contribution in [0.4, 0.5) is 4.39 Å². The Kier molecular flexibility index (Phi) is 2.28. The van der Waals surface area contributed by atoms with E-state index in [9.17, 15) is 4.39 Å². The van der Waals surface area contributed by atoms with Crippen molar-refractivity contribution in [2.75, 3.05) is 0 Å². The summed E-state index contributed by atoms with van der Waals surface area (Å²) in [6.07, 6.45) is 5.82. The van der Waals surface area contributed by atoms with Crippen LogP contribution in [0.2, 0.25) is 0 Å². The minimum absolute atomic E-state index is 0.104. The Balaban J connectivity index is 1.69. The first-order valence-corrected chi connectivity index (χ1v) is 6.21. The highest BCUT2D eigenvalue weighted by atomic mass is 19.1. The van der Waals surface area contributed by atoms with Crippen LogP contribution in [0.15, 0.2) is 24.3 Å². The summed E-state index contributed by atoms with van der Waals surface area (Å²) in [7, 11) is 0. The average molecular weight is 219 g/mol.